The summed E-state index contributed by atoms with van der Waals surface area (Å²) >= 11 is 0. The molecule has 0 atom stereocenters. The molecule has 0 fully saturated rings. The molecular formula is C6H11N3. The molecule has 9 heavy (non-hydrogen) atoms. The molecule has 0 amide bonds. The molecule has 0 aromatic carbocycles. The first-order valence-electron chi connectivity index (χ1n) is 2.71. The SMILES string of the molecule is C=NNCN=C/C=C\C. The fraction of sp³-hybridized carbons (Fsp3) is 0.333. The molecule has 0 aromatic rings. The van der Waals surface area contributed by atoms with Crippen molar-refractivity contribution in [3.05, 3.63) is 12.2 Å². The largest absolute Gasteiger partial charge is 0.289 e. The van der Waals surface area contributed by atoms with Crippen molar-refractivity contribution in [1.82, 2.24) is 5.43 Å². The molecule has 0 heterocycles. The Morgan fingerprint density at radius 3 is 3.00 bits per heavy atom. The molecule has 0 rings (SSSR count). The molecule has 0 aliphatic carbocycles. The second-order valence-electron chi connectivity index (χ2n) is 1.33. The first-order chi connectivity index (χ1) is 4.41. The van der Waals surface area contributed by atoms with Gasteiger partial charge in [0.1, 0.15) is 6.67 Å². The summed E-state index contributed by atoms with van der Waals surface area (Å²) in [6, 6.07) is 0. The lowest BCUT2D eigenvalue weighted by molar-refractivity contribution is 0.771. The maximum absolute atomic E-state index is 3.89. The minimum Gasteiger partial charge on any atom is -0.289 e. The summed E-state index contributed by atoms with van der Waals surface area (Å²) in [5.74, 6) is 0. The predicted octanol–water partition coefficient (Wildman–Crippen LogP) is 0.796. The molecule has 0 saturated heterocycles. The average molecular weight is 125 g/mol. The first-order valence-corrected chi connectivity index (χ1v) is 2.71. The molecule has 0 radical (unpaired) electrons. The predicted molar refractivity (Wildman–Crippen MR) is 40.9 cm³/mol. The van der Waals surface area contributed by atoms with E-state index in [1.165, 1.54) is 0 Å². The van der Waals surface area contributed by atoms with Crippen LogP contribution in [0.1, 0.15) is 6.92 Å². The van der Waals surface area contributed by atoms with Crippen LogP contribution in [0.2, 0.25) is 0 Å². The number of rotatable bonds is 4. The number of hydrazone groups is 1. The van der Waals surface area contributed by atoms with Gasteiger partial charge in [-0.3, -0.25) is 10.4 Å². The molecule has 0 aliphatic rings. The molecular weight excluding hydrogens is 114 g/mol. The van der Waals surface area contributed by atoms with E-state index in [4.69, 9.17) is 0 Å². The third-order valence-corrected chi connectivity index (χ3v) is 0.658. The summed E-state index contributed by atoms with van der Waals surface area (Å²) in [6.07, 6.45) is 5.47. The van der Waals surface area contributed by atoms with E-state index in [1.54, 1.807) is 6.21 Å². The highest BCUT2D eigenvalue weighted by Crippen LogP contribution is 1.65. The van der Waals surface area contributed by atoms with Crippen LogP contribution in [0.5, 0.6) is 0 Å². The highest BCUT2D eigenvalue weighted by Gasteiger charge is 1.66. The minimum absolute atomic E-state index is 0.494. The lowest BCUT2D eigenvalue weighted by Gasteiger charge is -1.87. The van der Waals surface area contributed by atoms with E-state index in [1.807, 2.05) is 19.1 Å². The van der Waals surface area contributed by atoms with E-state index >= 15 is 0 Å². The molecule has 0 spiro atoms. The van der Waals surface area contributed by atoms with Gasteiger partial charge in [0.25, 0.3) is 0 Å². The van der Waals surface area contributed by atoms with E-state index in [-0.39, 0.29) is 0 Å². The van der Waals surface area contributed by atoms with Crippen LogP contribution in [0.4, 0.5) is 0 Å². The summed E-state index contributed by atoms with van der Waals surface area (Å²) in [5.41, 5.74) is 2.59. The molecule has 0 aromatic heterocycles. The maximum Gasteiger partial charge on any atom is 0.123 e. The highest BCUT2D eigenvalue weighted by atomic mass is 15.3. The molecule has 3 heteroatoms. The Kier molecular flexibility index (Phi) is 6.02. The zero-order valence-corrected chi connectivity index (χ0v) is 5.54. The summed E-state index contributed by atoms with van der Waals surface area (Å²) in [4.78, 5) is 3.89. The molecule has 50 valence electrons. The normalized spacial score (nSPS) is 10.8. The molecule has 0 saturated carbocycles. The monoisotopic (exact) mass is 125 g/mol. The maximum atomic E-state index is 3.89. The Morgan fingerprint density at radius 2 is 2.44 bits per heavy atom. The minimum atomic E-state index is 0.494. The first kappa shape index (κ1) is 7.88. The van der Waals surface area contributed by atoms with Crippen LogP contribution >= 0.6 is 0 Å². The van der Waals surface area contributed by atoms with Crippen molar-refractivity contribution in [2.24, 2.45) is 10.1 Å². The van der Waals surface area contributed by atoms with Gasteiger partial charge in [0.2, 0.25) is 0 Å². The summed E-state index contributed by atoms with van der Waals surface area (Å²) in [5, 5.41) is 3.40. The van der Waals surface area contributed by atoms with Crippen LogP contribution in [0.15, 0.2) is 22.2 Å². The van der Waals surface area contributed by atoms with Gasteiger partial charge < -0.3 is 0 Å². The van der Waals surface area contributed by atoms with E-state index < -0.39 is 0 Å². The summed E-state index contributed by atoms with van der Waals surface area (Å²) in [6.45, 7) is 5.66. The van der Waals surface area contributed by atoms with Crippen molar-refractivity contribution in [2.75, 3.05) is 6.67 Å². The number of allylic oxidation sites excluding steroid dienone is 2. The fourth-order valence-electron chi connectivity index (χ4n) is 0.290. The van der Waals surface area contributed by atoms with Crippen LogP contribution in [0, 0.1) is 0 Å². The van der Waals surface area contributed by atoms with Crippen LogP contribution in [-0.4, -0.2) is 19.6 Å². The van der Waals surface area contributed by atoms with Crippen LogP contribution < -0.4 is 5.43 Å². The van der Waals surface area contributed by atoms with Crippen molar-refractivity contribution in [3.8, 4) is 0 Å². The molecule has 0 bridgehead atoms. The van der Waals surface area contributed by atoms with E-state index in [2.05, 4.69) is 22.2 Å². The molecule has 0 aliphatic heterocycles. The lowest BCUT2D eigenvalue weighted by Crippen LogP contribution is -2.02. The van der Waals surface area contributed by atoms with Gasteiger partial charge in [-0.1, -0.05) is 6.08 Å². The summed E-state index contributed by atoms with van der Waals surface area (Å²) in [7, 11) is 0. The average Bonchev–Trinajstić information content (AvgIpc) is 1.89. The van der Waals surface area contributed by atoms with Crippen molar-refractivity contribution < 1.29 is 0 Å². The Balaban J connectivity index is 3.14. The number of aliphatic imine (C=N–C) groups is 1. The molecule has 3 nitrogen and oxygen atoms in total. The van der Waals surface area contributed by atoms with Gasteiger partial charge in [-0.2, -0.15) is 5.10 Å². The number of nitrogens with one attached hydrogen (secondary N) is 1. The van der Waals surface area contributed by atoms with Crippen molar-refractivity contribution >= 4 is 12.9 Å². The number of nitrogens with zero attached hydrogens (tertiary/aromatic N) is 2. The zero-order valence-electron chi connectivity index (χ0n) is 5.54. The van der Waals surface area contributed by atoms with E-state index in [0.717, 1.165) is 0 Å². The Morgan fingerprint density at radius 1 is 1.67 bits per heavy atom. The summed E-state index contributed by atoms with van der Waals surface area (Å²) < 4.78 is 0. The highest BCUT2D eigenvalue weighted by molar-refractivity contribution is 5.70. The fourth-order valence-corrected chi connectivity index (χ4v) is 0.290. The van der Waals surface area contributed by atoms with Gasteiger partial charge in [-0.05, 0) is 13.0 Å². The Labute approximate surface area is 55.2 Å². The lowest BCUT2D eigenvalue weighted by atomic mass is 10.6. The molecule has 0 unspecified atom stereocenters. The van der Waals surface area contributed by atoms with Gasteiger partial charge in [0, 0.05) is 12.9 Å². The Hall–Kier alpha value is -1.12. The standard InChI is InChI=1S/C6H11N3/c1-3-4-5-8-6-9-7-2/h3-5,9H,2,6H2,1H3/b4-3-,8-5?. The van der Waals surface area contributed by atoms with Crippen LogP contribution in [-0.2, 0) is 0 Å². The van der Waals surface area contributed by atoms with Crippen LogP contribution in [0.3, 0.4) is 0 Å². The van der Waals surface area contributed by atoms with E-state index in [9.17, 15) is 0 Å². The zero-order chi connectivity index (χ0) is 6.95. The van der Waals surface area contributed by atoms with Crippen molar-refractivity contribution in [3.63, 3.8) is 0 Å². The van der Waals surface area contributed by atoms with Crippen LogP contribution in [0.25, 0.3) is 0 Å². The quantitative estimate of drug-likeness (QED) is 0.337. The smallest absolute Gasteiger partial charge is 0.123 e. The number of hydrogen-bond donors (Lipinski definition) is 1. The van der Waals surface area contributed by atoms with Gasteiger partial charge in [-0.15, -0.1) is 0 Å². The second kappa shape index (κ2) is 6.88. The van der Waals surface area contributed by atoms with Crippen molar-refractivity contribution in [1.29, 1.82) is 0 Å². The molecule has 1 N–H and O–H groups in total. The van der Waals surface area contributed by atoms with E-state index in [0.29, 0.717) is 6.67 Å². The van der Waals surface area contributed by atoms with Gasteiger partial charge in [-0.25, -0.2) is 0 Å². The third-order valence-electron chi connectivity index (χ3n) is 0.658. The van der Waals surface area contributed by atoms with Gasteiger partial charge >= 0.3 is 0 Å². The van der Waals surface area contributed by atoms with Gasteiger partial charge in [0.15, 0.2) is 0 Å². The third kappa shape index (κ3) is 6.88. The number of hydrogen-bond acceptors (Lipinski definition) is 3. The van der Waals surface area contributed by atoms with Gasteiger partial charge in [0.05, 0.1) is 0 Å². The van der Waals surface area contributed by atoms with Crippen molar-refractivity contribution in [2.45, 2.75) is 6.92 Å². The topological polar surface area (TPSA) is 36.8 Å². The second-order valence-corrected chi connectivity index (χ2v) is 1.33. The Bertz CT molecular complexity index is 115.